The summed E-state index contributed by atoms with van der Waals surface area (Å²) in [6.45, 7) is 6.39. The first-order chi connectivity index (χ1) is 14.4. The van der Waals surface area contributed by atoms with E-state index in [2.05, 4.69) is 29.2 Å². The van der Waals surface area contributed by atoms with Crippen molar-refractivity contribution in [2.24, 2.45) is 5.41 Å². The van der Waals surface area contributed by atoms with Gasteiger partial charge in [0.1, 0.15) is 5.82 Å². The number of hydrogen-bond acceptors (Lipinski definition) is 4. The molecule has 0 N–H and O–H groups in total. The third-order valence-corrected chi connectivity index (χ3v) is 7.17. The first kappa shape index (κ1) is 21.1. The maximum absolute atomic E-state index is 14.0. The van der Waals surface area contributed by atoms with Gasteiger partial charge in [-0.05, 0) is 67.2 Å². The summed E-state index contributed by atoms with van der Waals surface area (Å²) in [5.41, 5.74) is 5.66. The lowest BCUT2D eigenvalue weighted by molar-refractivity contribution is -0.151. The molecule has 30 heavy (non-hydrogen) atoms. The molecule has 0 amide bonds. The molecule has 158 valence electrons. The van der Waals surface area contributed by atoms with Crippen LogP contribution in [-0.4, -0.2) is 37.6 Å². The van der Waals surface area contributed by atoms with E-state index in [9.17, 15) is 9.18 Å². The zero-order valence-corrected chi connectivity index (χ0v) is 18.7. The molecule has 0 atom stereocenters. The smallest absolute Gasteiger partial charge is 0.312 e. The number of hydrogen-bond donors (Lipinski definition) is 0. The minimum atomic E-state index is -0.519. The molecular weight excluding hydrogens is 397 g/mol. The van der Waals surface area contributed by atoms with Crippen molar-refractivity contribution in [1.82, 2.24) is 4.90 Å². The van der Waals surface area contributed by atoms with E-state index in [1.54, 1.807) is 23.9 Å². The Morgan fingerprint density at radius 2 is 1.87 bits per heavy atom. The first-order valence-corrected chi connectivity index (χ1v) is 11.4. The third kappa shape index (κ3) is 4.19. The molecule has 2 aromatic carbocycles. The van der Waals surface area contributed by atoms with Crippen LogP contribution >= 0.6 is 11.8 Å². The van der Waals surface area contributed by atoms with Gasteiger partial charge in [-0.1, -0.05) is 29.8 Å². The summed E-state index contributed by atoms with van der Waals surface area (Å²) in [6.07, 6.45) is 1.89. The Bertz CT molecular complexity index is 988. The topological polar surface area (TPSA) is 29.5 Å². The first-order valence-electron chi connectivity index (χ1n) is 10.4. The Morgan fingerprint density at radius 3 is 2.60 bits per heavy atom. The van der Waals surface area contributed by atoms with Crippen molar-refractivity contribution in [3.05, 3.63) is 70.5 Å². The van der Waals surface area contributed by atoms with Gasteiger partial charge in [0.25, 0.3) is 0 Å². The molecule has 2 heterocycles. The fourth-order valence-electron chi connectivity index (χ4n) is 4.54. The second-order valence-corrected chi connectivity index (χ2v) is 9.73. The molecule has 5 heteroatoms. The molecule has 0 aromatic heterocycles. The van der Waals surface area contributed by atoms with Crippen molar-refractivity contribution in [1.29, 1.82) is 0 Å². The van der Waals surface area contributed by atoms with Crippen LogP contribution in [0.1, 0.15) is 43.4 Å². The van der Waals surface area contributed by atoms with Crippen LogP contribution < -0.4 is 0 Å². The lowest BCUT2D eigenvalue weighted by Crippen LogP contribution is -2.42. The third-order valence-electron chi connectivity index (χ3n) is 6.05. The molecule has 0 unspecified atom stereocenters. The zero-order valence-electron chi connectivity index (χ0n) is 17.8. The maximum Gasteiger partial charge on any atom is 0.312 e. The van der Waals surface area contributed by atoms with Crippen LogP contribution in [0.5, 0.6) is 0 Å². The Labute approximate surface area is 182 Å². The molecule has 1 saturated heterocycles. The van der Waals surface area contributed by atoms with E-state index < -0.39 is 5.41 Å². The molecule has 0 bridgehead atoms. The average Bonchev–Trinajstić information content (AvgIpc) is 2.90. The highest BCUT2D eigenvalue weighted by Gasteiger charge is 2.32. The molecule has 2 aliphatic rings. The largest absolute Gasteiger partial charge is 0.469 e. The van der Waals surface area contributed by atoms with Crippen molar-refractivity contribution in [2.75, 3.05) is 26.7 Å². The van der Waals surface area contributed by atoms with Gasteiger partial charge in [0.05, 0.1) is 12.5 Å². The van der Waals surface area contributed by atoms with Crippen molar-refractivity contribution >= 4 is 23.3 Å². The monoisotopic (exact) mass is 425 g/mol. The van der Waals surface area contributed by atoms with Gasteiger partial charge in [-0.2, -0.15) is 0 Å². The fourth-order valence-corrected chi connectivity index (χ4v) is 5.59. The van der Waals surface area contributed by atoms with E-state index in [0.29, 0.717) is 6.54 Å². The molecule has 0 saturated carbocycles. The highest BCUT2D eigenvalue weighted by molar-refractivity contribution is 7.98. The van der Waals surface area contributed by atoms with Gasteiger partial charge in [0.2, 0.25) is 0 Å². The summed E-state index contributed by atoms with van der Waals surface area (Å²) in [5.74, 6) is 0.433. The number of rotatable bonds is 3. The molecule has 4 rings (SSSR count). The predicted molar refractivity (Wildman–Crippen MR) is 120 cm³/mol. The second kappa shape index (κ2) is 8.56. The number of benzene rings is 2. The molecular formula is C25H28FNO2S. The van der Waals surface area contributed by atoms with Crippen LogP contribution in [0.3, 0.4) is 0 Å². The van der Waals surface area contributed by atoms with Gasteiger partial charge in [0.15, 0.2) is 0 Å². The number of methoxy groups -OCH3 is 1. The van der Waals surface area contributed by atoms with Crippen LogP contribution in [0.15, 0.2) is 52.9 Å². The van der Waals surface area contributed by atoms with Crippen LogP contribution in [0.4, 0.5) is 4.39 Å². The van der Waals surface area contributed by atoms with E-state index in [1.807, 2.05) is 19.9 Å². The average molecular weight is 426 g/mol. The summed E-state index contributed by atoms with van der Waals surface area (Å²) in [7, 11) is 1.45. The Kier molecular flexibility index (Phi) is 6.03. The predicted octanol–water partition coefficient (Wildman–Crippen LogP) is 5.53. The van der Waals surface area contributed by atoms with E-state index in [-0.39, 0.29) is 11.8 Å². The summed E-state index contributed by atoms with van der Waals surface area (Å²) < 4.78 is 18.9. The number of carbonyl (C=O) groups excluding carboxylic acids is 1. The van der Waals surface area contributed by atoms with Crippen LogP contribution in [0.25, 0.3) is 5.57 Å². The normalized spacial score (nSPS) is 17.2. The molecule has 1 fully saturated rings. The van der Waals surface area contributed by atoms with Gasteiger partial charge >= 0.3 is 5.97 Å². The number of nitrogens with zero attached hydrogens (tertiary/aromatic N) is 1. The van der Waals surface area contributed by atoms with Gasteiger partial charge < -0.3 is 9.64 Å². The van der Waals surface area contributed by atoms with Gasteiger partial charge in [-0.3, -0.25) is 4.79 Å². The fraction of sp³-hybridized carbons (Fsp3) is 0.400. The lowest BCUT2D eigenvalue weighted by Gasteiger charge is -2.35. The number of esters is 1. The van der Waals surface area contributed by atoms with Crippen LogP contribution in [-0.2, 0) is 15.3 Å². The number of likely N-dealkylation sites (tertiary alicyclic amines) is 1. The van der Waals surface area contributed by atoms with Crippen molar-refractivity contribution in [3.8, 4) is 0 Å². The van der Waals surface area contributed by atoms with E-state index >= 15 is 0 Å². The van der Waals surface area contributed by atoms with Crippen molar-refractivity contribution in [2.45, 2.75) is 37.3 Å². The summed E-state index contributed by atoms with van der Waals surface area (Å²) in [5, 5.41) is 0. The zero-order chi connectivity index (χ0) is 21.3. The SMILES string of the molecule is COC(=O)C(C)(C)CN1CCC(=C2c3ccc(F)cc3CSc3ccccc32)CC1. The number of carbonyl (C=O) groups is 1. The highest BCUT2D eigenvalue weighted by Crippen LogP contribution is 2.43. The standard InChI is InChI=1S/C25H28FNO2S/c1-25(2,24(28)29-3)16-27-12-10-17(11-13-27)23-20-9-8-19(26)14-18(20)15-30-22-7-5-4-6-21(22)23/h4-9,14H,10-13,15-16H2,1-3H3. The summed E-state index contributed by atoms with van der Waals surface area (Å²) in [6, 6.07) is 13.7. The molecule has 2 aromatic rings. The van der Waals surface area contributed by atoms with Crippen molar-refractivity contribution in [3.63, 3.8) is 0 Å². The van der Waals surface area contributed by atoms with Gasteiger partial charge in [-0.15, -0.1) is 11.8 Å². The quantitative estimate of drug-likeness (QED) is 0.605. The van der Waals surface area contributed by atoms with Gasteiger partial charge in [0, 0.05) is 30.3 Å². The minimum absolute atomic E-state index is 0.169. The Balaban J connectivity index is 1.66. The van der Waals surface area contributed by atoms with Gasteiger partial charge in [-0.25, -0.2) is 4.39 Å². The Hall–Kier alpha value is -2.11. The van der Waals surface area contributed by atoms with Crippen LogP contribution in [0, 0.1) is 11.2 Å². The van der Waals surface area contributed by atoms with E-state index in [4.69, 9.17) is 4.74 Å². The molecule has 0 radical (unpaired) electrons. The highest BCUT2D eigenvalue weighted by atomic mass is 32.2. The molecule has 3 nitrogen and oxygen atoms in total. The molecule has 0 aliphatic carbocycles. The number of ether oxygens (including phenoxy) is 1. The maximum atomic E-state index is 14.0. The summed E-state index contributed by atoms with van der Waals surface area (Å²) >= 11 is 1.78. The summed E-state index contributed by atoms with van der Waals surface area (Å²) in [4.78, 5) is 15.7. The number of fused-ring (bicyclic) bond motifs is 2. The minimum Gasteiger partial charge on any atom is -0.469 e. The lowest BCUT2D eigenvalue weighted by atomic mass is 9.85. The number of piperidine rings is 1. The number of thioether (sulfide) groups is 1. The molecule has 0 spiro atoms. The van der Waals surface area contributed by atoms with Crippen LogP contribution in [0.2, 0.25) is 0 Å². The van der Waals surface area contributed by atoms with Crippen molar-refractivity contribution < 1.29 is 13.9 Å². The van der Waals surface area contributed by atoms with E-state index in [0.717, 1.165) is 42.8 Å². The van der Waals surface area contributed by atoms with E-state index in [1.165, 1.54) is 28.7 Å². The Morgan fingerprint density at radius 1 is 1.13 bits per heavy atom. The molecule has 2 aliphatic heterocycles. The number of halogens is 1. The second-order valence-electron chi connectivity index (χ2n) is 8.72.